The number of fused-ring (bicyclic) bond motifs is 4. The van der Waals surface area contributed by atoms with E-state index in [1.165, 1.54) is 0 Å². The number of hydrogen-bond acceptors (Lipinski definition) is 4. The lowest BCUT2D eigenvalue weighted by molar-refractivity contribution is -0.131. The van der Waals surface area contributed by atoms with Gasteiger partial charge >= 0.3 is 0 Å². The van der Waals surface area contributed by atoms with Crippen LogP contribution in [0.4, 0.5) is 0 Å². The Morgan fingerprint density at radius 2 is 1.60 bits per heavy atom. The van der Waals surface area contributed by atoms with Crippen molar-refractivity contribution in [1.82, 2.24) is 0 Å². The normalized spacial score (nSPS) is 38.1. The van der Waals surface area contributed by atoms with E-state index in [-0.39, 0.29) is 28.4 Å². The van der Waals surface area contributed by atoms with Crippen LogP contribution in [0, 0.1) is 39.4 Å². The lowest BCUT2D eigenvalue weighted by Gasteiger charge is -2.35. The Morgan fingerprint density at radius 1 is 0.971 bits per heavy atom. The zero-order valence-electron chi connectivity index (χ0n) is 21.6. The first-order chi connectivity index (χ1) is 16.2. The van der Waals surface area contributed by atoms with Crippen molar-refractivity contribution in [3.63, 3.8) is 0 Å². The number of benzene rings is 1. The van der Waals surface area contributed by atoms with Crippen molar-refractivity contribution in [1.29, 1.82) is 0 Å². The summed E-state index contributed by atoms with van der Waals surface area (Å²) in [5, 5.41) is 0. The van der Waals surface area contributed by atoms with E-state index in [4.69, 9.17) is 0 Å². The molecule has 1 aromatic carbocycles. The monoisotopic (exact) mass is 498 g/mol. The second-order valence-corrected chi connectivity index (χ2v) is 14.2. The number of carbonyl (C=O) groups is 2. The highest BCUT2D eigenvalue weighted by Crippen LogP contribution is 2.68. The Balaban J connectivity index is 1.37. The number of allylic oxidation sites excluding steroid dienone is 1. The minimum absolute atomic E-state index is 0.00241. The molecule has 0 aliphatic heterocycles. The second-order valence-electron chi connectivity index (χ2n) is 12.8. The summed E-state index contributed by atoms with van der Waals surface area (Å²) in [6.45, 7) is 10.6. The molecule has 4 bridgehead atoms. The first-order valence-corrected chi connectivity index (χ1v) is 14.7. The fraction of sp³-hybridized carbons (Fsp3) is 0.655. The van der Waals surface area contributed by atoms with Gasteiger partial charge in [0.05, 0.1) is 11.2 Å². The maximum absolute atomic E-state index is 13.5. The molecule has 1 aromatic rings. The topological polar surface area (TPSA) is 88.5 Å². The molecule has 5 unspecified atom stereocenters. The van der Waals surface area contributed by atoms with Crippen molar-refractivity contribution in [3.05, 3.63) is 41.0 Å². The van der Waals surface area contributed by atoms with Crippen LogP contribution >= 0.6 is 0 Å². The van der Waals surface area contributed by atoms with E-state index in [1.807, 2.05) is 38.1 Å². The van der Waals surface area contributed by atoms with E-state index >= 15 is 0 Å². The molecular weight excluding hydrogens is 460 g/mol. The molecule has 5 nitrogen and oxygen atoms in total. The average molecular weight is 499 g/mol. The van der Waals surface area contributed by atoms with Crippen LogP contribution in [-0.4, -0.2) is 30.3 Å². The number of rotatable bonds is 6. The molecule has 35 heavy (non-hydrogen) atoms. The molecule has 6 heteroatoms. The molecule has 4 aliphatic carbocycles. The van der Waals surface area contributed by atoms with E-state index in [2.05, 4.69) is 26.8 Å². The smallest absolute Gasteiger partial charge is 0.265 e. The number of carbonyl (C=O) groups excluding carboxylic acids is 2. The van der Waals surface area contributed by atoms with Crippen LogP contribution in [0.15, 0.2) is 29.8 Å². The molecule has 0 spiro atoms. The third-order valence-corrected chi connectivity index (χ3v) is 12.0. The summed E-state index contributed by atoms with van der Waals surface area (Å²) in [6.07, 6.45) is 6.92. The number of ketones is 2. The minimum Gasteiger partial charge on any atom is -0.299 e. The van der Waals surface area contributed by atoms with Gasteiger partial charge in [-0.15, -0.1) is 0 Å². The summed E-state index contributed by atoms with van der Waals surface area (Å²) in [4.78, 5) is 26.9. The summed E-state index contributed by atoms with van der Waals surface area (Å²) in [5.41, 5.74) is 1.33. The van der Waals surface area contributed by atoms with Crippen molar-refractivity contribution >= 4 is 27.8 Å². The molecule has 0 saturated heterocycles. The molecule has 1 N–H and O–H groups in total. The summed E-state index contributed by atoms with van der Waals surface area (Å²) < 4.78 is 33.1. The van der Waals surface area contributed by atoms with Crippen molar-refractivity contribution in [2.75, 3.05) is 5.75 Å². The van der Waals surface area contributed by atoms with Gasteiger partial charge in [-0.05, 0) is 84.0 Å². The Kier molecular flexibility index (Phi) is 5.41. The van der Waals surface area contributed by atoms with Crippen molar-refractivity contribution in [2.24, 2.45) is 39.4 Å². The lowest BCUT2D eigenvalue weighted by atomic mass is 9.67. The quantitative estimate of drug-likeness (QED) is 0.411. The van der Waals surface area contributed by atoms with Crippen molar-refractivity contribution in [3.8, 4) is 0 Å². The fourth-order valence-electron chi connectivity index (χ4n) is 8.93. The van der Waals surface area contributed by atoms with E-state index in [0.717, 1.165) is 42.4 Å². The molecule has 5 atom stereocenters. The van der Waals surface area contributed by atoms with Gasteiger partial charge in [0.1, 0.15) is 5.78 Å². The van der Waals surface area contributed by atoms with Gasteiger partial charge in [0.2, 0.25) is 0 Å². The number of Topliss-reactive ketones (excluding diaryl/α,β-unsaturated/α-hetero) is 2. The minimum atomic E-state index is -4.25. The maximum Gasteiger partial charge on any atom is 0.265 e. The van der Waals surface area contributed by atoms with Crippen LogP contribution in [-0.2, 0) is 26.1 Å². The molecule has 0 heterocycles. The SMILES string of the molecule is CCC12CCC(/C(=C/c3ccc(CC4C(=O)C5(CS(=O)(=O)O)CCC4C5(C)C)cc3)C1=O)C2(C)C. The van der Waals surface area contributed by atoms with Crippen LogP contribution in [0.2, 0.25) is 0 Å². The third-order valence-electron chi connectivity index (χ3n) is 11.2. The summed E-state index contributed by atoms with van der Waals surface area (Å²) in [7, 11) is -4.25. The molecular formula is C29H38O5S. The predicted molar refractivity (Wildman–Crippen MR) is 136 cm³/mol. The largest absolute Gasteiger partial charge is 0.299 e. The van der Waals surface area contributed by atoms with Crippen LogP contribution in [0.1, 0.15) is 77.8 Å². The molecule has 4 saturated carbocycles. The van der Waals surface area contributed by atoms with Gasteiger partial charge in [-0.3, -0.25) is 14.1 Å². The Bertz CT molecular complexity index is 1220. The highest BCUT2D eigenvalue weighted by Gasteiger charge is 2.69. The highest BCUT2D eigenvalue weighted by atomic mass is 32.2. The van der Waals surface area contributed by atoms with Gasteiger partial charge in [-0.25, -0.2) is 0 Å². The van der Waals surface area contributed by atoms with Gasteiger partial charge in [-0.2, -0.15) is 8.42 Å². The molecule has 0 amide bonds. The van der Waals surface area contributed by atoms with Gasteiger partial charge in [0, 0.05) is 11.3 Å². The standard InChI is InChI=1S/C29H38O5S/c1-6-28-13-11-22(26(28,2)3)20(24(28)30)15-18-7-9-19(10-8-18)16-21-23-12-14-29(25(21)31,27(23,4)5)17-35(32,33)34/h7-10,15,21-23H,6,11-14,16-17H2,1-5H3,(H,32,33,34)/b20-15-. The van der Waals surface area contributed by atoms with Gasteiger partial charge in [0.25, 0.3) is 10.1 Å². The maximum atomic E-state index is 13.5. The zero-order valence-corrected chi connectivity index (χ0v) is 22.4. The van der Waals surface area contributed by atoms with Crippen LogP contribution < -0.4 is 0 Å². The van der Waals surface area contributed by atoms with Gasteiger partial charge in [0.15, 0.2) is 5.78 Å². The highest BCUT2D eigenvalue weighted by molar-refractivity contribution is 7.85. The van der Waals surface area contributed by atoms with Gasteiger partial charge < -0.3 is 0 Å². The van der Waals surface area contributed by atoms with E-state index in [9.17, 15) is 22.6 Å². The first kappa shape index (κ1) is 24.9. The Morgan fingerprint density at radius 3 is 2.17 bits per heavy atom. The first-order valence-electron chi connectivity index (χ1n) is 13.0. The molecule has 4 fully saturated rings. The summed E-state index contributed by atoms with van der Waals surface area (Å²) in [5.74, 6) is 0.0182. The van der Waals surface area contributed by atoms with Crippen molar-refractivity contribution < 1.29 is 22.6 Å². The molecule has 4 aliphatic rings. The van der Waals surface area contributed by atoms with Crippen molar-refractivity contribution in [2.45, 2.75) is 73.1 Å². The molecule has 0 aromatic heterocycles. The van der Waals surface area contributed by atoms with E-state index < -0.39 is 26.7 Å². The zero-order chi connectivity index (χ0) is 25.6. The second kappa shape index (κ2) is 7.61. The van der Waals surface area contributed by atoms with Crippen LogP contribution in [0.25, 0.3) is 6.08 Å². The van der Waals surface area contributed by atoms with Gasteiger partial charge in [-0.1, -0.05) is 58.9 Å². The third kappa shape index (κ3) is 3.24. The number of hydrogen-bond donors (Lipinski definition) is 1. The summed E-state index contributed by atoms with van der Waals surface area (Å²) >= 11 is 0. The molecule has 5 rings (SSSR count). The Hall–Kier alpha value is -1.79. The van der Waals surface area contributed by atoms with Crippen LogP contribution in [0.3, 0.4) is 0 Å². The van der Waals surface area contributed by atoms with Crippen LogP contribution in [0.5, 0.6) is 0 Å². The molecule has 0 radical (unpaired) electrons. The predicted octanol–water partition coefficient (Wildman–Crippen LogP) is 5.54. The Labute approximate surface area is 209 Å². The van der Waals surface area contributed by atoms with E-state index in [1.54, 1.807) is 0 Å². The summed E-state index contributed by atoms with van der Waals surface area (Å²) in [6, 6.07) is 8.13. The lowest BCUT2D eigenvalue weighted by Crippen LogP contribution is -2.43. The van der Waals surface area contributed by atoms with E-state index in [0.29, 0.717) is 24.5 Å². The molecule has 190 valence electrons. The fourth-order valence-corrected chi connectivity index (χ4v) is 10.2. The average Bonchev–Trinajstić information content (AvgIpc) is 3.28.